The summed E-state index contributed by atoms with van der Waals surface area (Å²) in [6.45, 7) is 1.39. The standard InChI is InChI=1S/C14H20N2O2/c15-10-14(6-2-1-3-7-14)13(17)16-8-11-4-5-12(9-16)18-11/h11-12H,1-9H2. The summed E-state index contributed by atoms with van der Waals surface area (Å²) in [5.41, 5.74) is -0.727. The molecule has 2 saturated heterocycles. The number of nitrogens with zero attached hydrogens (tertiary/aromatic N) is 2. The predicted molar refractivity (Wildman–Crippen MR) is 65.6 cm³/mol. The van der Waals surface area contributed by atoms with Crippen molar-refractivity contribution < 1.29 is 9.53 Å². The number of hydrogen-bond donors (Lipinski definition) is 0. The Hall–Kier alpha value is -1.08. The van der Waals surface area contributed by atoms with Crippen LogP contribution in [0.2, 0.25) is 0 Å². The minimum absolute atomic E-state index is 0.0740. The Morgan fingerprint density at radius 1 is 1.17 bits per heavy atom. The van der Waals surface area contributed by atoms with Crippen molar-refractivity contribution in [3.8, 4) is 6.07 Å². The fourth-order valence-corrected chi connectivity index (χ4v) is 3.61. The molecule has 2 heterocycles. The molecule has 0 aromatic heterocycles. The van der Waals surface area contributed by atoms with Gasteiger partial charge in [-0.25, -0.2) is 0 Å². The Morgan fingerprint density at radius 3 is 2.33 bits per heavy atom. The van der Waals surface area contributed by atoms with Gasteiger partial charge in [0.1, 0.15) is 5.41 Å². The van der Waals surface area contributed by atoms with Crippen LogP contribution >= 0.6 is 0 Å². The molecule has 0 aromatic rings. The molecule has 0 spiro atoms. The molecule has 3 aliphatic rings. The number of rotatable bonds is 1. The molecule has 98 valence electrons. The second-order valence-corrected chi connectivity index (χ2v) is 5.92. The van der Waals surface area contributed by atoms with E-state index >= 15 is 0 Å². The van der Waals surface area contributed by atoms with Crippen LogP contribution in [0, 0.1) is 16.7 Å². The summed E-state index contributed by atoms with van der Waals surface area (Å²) in [4.78, 5) is 14.6. The number of fused-ring (bicyclic) bond motifs is 2. The van der Waals surface area contributed by atoms with Crippen LogP contribution in [-0.2, 0) is 9.53 Å². The maximum absolute atomic E-state index is 12.7. The van der Waals surface area contributed by atoms with Crippen molar-refractivity contribution in [3.05, 3.63) is 0 Å². The zero-order chi connectivity index (χ0) is 12.6. The molecule has 3 rings (SSSR count). The quantitative estimate of drug-likeness (QED) is 0.711. The Kier molecular flexibility index (Phi) is 3.03. The van der Waals surface area contributed by atoms with Gasteiger partial charge in [-0.05, 0) is 25.7 Å². The normalized spacial score (nSPS) is 34.1. The summed E-state index contributed by atoms with van der Waals surface area (Å²) in [5, 5.41) is 9.46. The fraction of sp³-hybridized carbons (Fsp3) is 0.857. The number of amides is 1. The molecule has 18 heavy (non-hydrogen) atoms. The van der Waals surface area contributed by atoms with Gasteiger partial charge in [0.15, 0.2) is 0 Å². The predicted octanol–water partition coefficient (Wildman–Crippen LogP) is 1.85. The number of nitriles is 1. The van der Waals surface area contributed by atoms with Crippen molar-refractivity contribution >= 4 is 5.91 Å². The summed E-state index contributed by atoms with van der Waals surface area (Å²) >= 11 is 0. The molecule has 2 unspecified atom stereocenters. The molecular weight excluding hydrogens is 228 g/mol. The lowest BCUT2D eigenvalue weighted by atomic mass is 9.74. The van der Waals surface area contributed by atoms with Crippen LogP contribution in [0.3, 0.4) is 0 Å². The molecule has 4 nitrogen and oxygen atoms in total. The first-order valence-corrected chi connectivity index (χ1v) is 7.10. The van der Waals surface area contributed by atoms with Gasteiger partial charge in [0.05, 0.1) is 18.3 Å². The van der Waals surface area contributed by atoms with Crippen molar-refractivity contribution in [2.24, 2.45) is 5.41 Å². The maximum atomic E-state index is 12.7. The molecular formula is C14H20N2O2. The SMILES string of the molecule is N#CC1(C(=O)N2CC3CCC(C2)O3)CCCCC1. The average molecular weight is 248 g/mol. The van der Waals surface area contributed by atoms with Gasteiger partial charge in [0.25, 0.3) is 0 Å². The molecule has 1 amide bonds. The van der Waals surface area contributed by atoms with Crippen molar-refractivity contribution in [2.75, 3.05) is 13.1 Å². The van der Waals surface area contributed by atoms with E-state index in [4.69, 9.17) is 4.74 Å². The summed E-state index contributed by atoms with van der Waals surface area (Å²) in [5.74, 6) is 0.0740. The van der Waals surface area contributed by atoms with Gasteiger partial charge in [-0.3, -0.25) is 4.79 Å². The third kappa shape index (κ3) is 1.91. The van der Waals surface area contributed by atoms with Crippen LogP contribution in [-0.4, -0.2) is 36.1 Å². The van der Waals surface area contributed by atoms with E-state index in [2.05, 4.69) is 6.07 Å². The van der Waals surface area contributed by atoms with Gasteiger partial charge in [0.2, 0.25) is 5.91 Å². The molecule has 0 aromatic carbocycles. The van der Waals surface area contributed by atoms with Gasteiger partial charge in [-0.1, -0.05) is 19.3 Å². The molecule has 3 fully saturated rings. The van der Waals surface area contributed by atoms with E-state index in [1.54, 1.807) is 0 Å². The Bertz CT molecular complexity index is 370. The van der Waals surface area contributed by atoms with E-state index < -0.39 is 5.41 Å². The number of hydrogen-bond acceptors (Lipinski definition) is 3. The largest absolute Gasteiger partial charge is 0.371 e. The van der Waals surface area contributed by atoms with Crippen LogP contribution in [0.15, 0.2) is 0 Å². The average Bonchev–Trinajstić information content (AvgIpc) is 2.77. The third-order valence-corrected chi connectivity index (χ3v) is 4.66. The highest BCUT2D eigenvalue weighted by Crippen LogP contribution is 2.39. The zero-order valence-electron chi connectivity index (χ0n) is 10.7. The van der Waals surface area contributed by atoms with Gasteiger partial charge in [0, 0.05) is 13.1 Å². The summed E-state index contributed by atoms with van der Waals surface area (Å²) in [6, 6.07) is 2.33. The zero-order valence-corrected chi connectivity index (χ0v) is 10.7. The van der Waals surface area contributed by atoms with Gasteiger partial charge < -0.3 is 9.64 Å². The highest BCUT2D eigenvalue weighted by Gasteiger charge is 2.45. The first kappa shape index (κ1) is 12.0. The summed E-state index contributed by atoms with van der Waals surface area (Å²) < 4.78 is 5.75. The number of carbonyl (C=O) groups excluding carboxylic acids is 1. The molecule has 2 bridgehead atoms. The van der Waals surface area contributed by atoms with Crippen molar-refractivity contribution in [1.29, 1.82) is 5.26 Å². The van der Waals surface area contributed by atoms with E-state index in [0.29, 0.717) is 13.1 Å². The van der Waals surface area contributed by atoms with E-state index in [9.17, 15) is 10.1 Å². The molecule has 2 atom stereocenters. The molecule has 0 radical (unpaired) electrons. The molecule has 4 heteroatoms. The highest BCUT2D eigenvalue weighted by atomic mass is 16.5. The minimum Gasteiger partial charge on any atom is -0.371 e. The van der Waals surface area contributed by atoms with Gasteiger partial charge in [-0.2, -0.15) is 5.26 Å². The van der Waals surface area contributed by atoms with E-state index in [1.807, 2.05) is 4.90 Å². The second-order valence-electron chi connectivity index (χ2n) is 5.92. The smallest absolute Gasteiger partial charge is 0.243 e. The van der Waals surface area contributed by atoms with Crippen LogP contribution in [0.25, 0.3) is 0 Å². The maximum Gasteiger partial charge on any atom is 0.243 e. The van der Waals surface area contributed by atoms with Crippen molar-refractivity contribution in [1.82, 2.24) is 4.90 Å². The fourth-order valence-electron chi connectivity index (χ4n) is 3.61. The minimum atomic E-state index is -0.727. The lowest BCUT2D eigenvalue weighted by Crippen LogP contribution is -2.51. The molecule has 1 aliphatic carbocycles. The van der Waals surface area contributed by atoms with E-state index in [0.717, 1.165) is 44.9 Å². The Morgan fingerprint density at radius 2 is 1.78 bits per heavy atom. The van der Waals surface area contributed by atoms with E-state index in [1.165, 1.54) is 0 Å². The first-order valence-electron chi connectivity index (χ1n) is 7.10. The molecule has 0 N–H and O–H groups in total. The van der Waals surface area contributed by atoms with Gasteiger partial charge >= 0.3 is 0 Å². The van der Waals surface area contributed by atoms with E-state index in [-0.39, 0.29) is 18.1 Å². The number of likely N-dealkylation sites (tertiary alicyclic amines) is 1. The van der Waals surface area contributed by atoms with Gasteiger partial charge in [-0.15, -0.1) is 0 Å². The van der Waals surface area contributed by atoms with Crippen LogP contribution < -0.4 is 0 Å². The highest BCUT2D eigenvalue weighted by molar-refractivity contribution is 5.85. The number of ether oxygens (including phenoxy) is 1. The first-order chi connectivity index (χ1) is 8.73. The van der Waals surface area contributed by atoms with Crippen molar-refractivity contribution in [3.63, 3.8) is 0 Å². The Labute approximate surface area is 108 Å². The molecule has 1 saturated carbocycles. The summed E-state index contributed by atoms with van der Waals surface area (Å²) in [6.07, 6.45) is 7.23. The molecule has 2 aliphatic heterocycles. The lowest BCUT2D eigenvalue weighted by molar-refractivity contribution is -0.149. The number of carbonyl (C=O) groups is 1. The Balaban J connectivity index is 1.75. The van der Waals surface area contributed by atoms with Crippen LogP contribution in [0.4, 0.5) is 0 Å². The topological polar surface area (TPSA) is 53.3 Å². The van der Waals surface area contributed by atoms with Crippen LogP contribution in [0.1, 0.15) is 44.9 Å². The lowest BCUT2D eigenvalue weighted by Gasteiger charge is -2.38. The van der Waals surface area contributed by atoms with Crippen molar-refractivity contribution in [2.45, 2.75) is 57.2 Å². The van der Waals surface area contributed by atoms with Crippen LogP contribution in [0.5, 0.6) is 0 Å². The number of morpholine rings is 1. The monoisotopic (exact) mass is 248 g/mol. The summed E-state index contributed by atoms with van der Waals surface area (Å²) in [7, 11) is 0. The second kappa shape index (κ2) is 4.55. The third-order valence-electron chi connectivity index (χ3n) is 4.66.